The quantitative estimate of drug-likeness (QED) is 0.301. The average molecular weight is 645 g/mol. The van der Waals surface area contributed by atoms with Gasteiger partial charge >= 0.3 is 6.03 Å². The monoisotopic (exact) mass is 644 g/mol. The fourth-order valence-corrected chi connectivity index (χ4v) is 6.20. The highest BCUT2D eigenvalue weighted by atomic mass is 35.5. The Morgan fingerprint density at radius 1 is 1.11 bits per heavy atom. The van der Waals surface area contributed by atoms with Gasteiger partial charge in [0.05, 0.1) is 18.3 Å². The number of ketones is 1. The summed E-state index contributed by atoms with van der Waals surface area (Å²) in [6.07, 6.45) is 3.46. The number of oxime groups is 1. The van der Waals surface area contributed by atoms with Crippen LogP contribution in [0.25, 0.3) is 0 Å². The molecule has 45 heavy (non-hydrogen) atoms. The van der Waals surface area contributed by atoms with E-state index in [2.05, 4.69) is 21.1 Å². The Labute approximate surface area is 269 Å². The lowest BCUT2D eigenvalue weighted by Gasteiger charge is -2.36. The van der Waals surface area contributed by atoms with Crippen molar-refractivity contribution in [2.24, 2.45) is 22.2 Å². The standard InChI is InChI=1S/C32H45ClN6O6/c1-30(2,3)25(36-29(44)37-31(4,5)6)28(43)39-17-32(15-22(38-45-32)19-11-8-12-20(33)14-19)16-23(39)27(42)35-21(24(40)26(34)41)13-18-9-7-10-18/h8,11-12,14,18,21,23,25H,7,9-10,13,15-17H2,1-6H3,(H2,34,41)(H,35,42)(H2,36,37,44)/t21?,23-,25+,32+/m0/s1. The van der Waals surface area contributed by atoms with Gasteiger partial charge < -0.3 is 31.4 Å². The molecule has 4 rings (SSSR count). The molecule has 5 amide bonds. The molecule has 1 saturated heterocycles. The number of halogens is 1. The lowest BCUT2D eigenvalue weighted by atomic mass is 9.80. The van der Waals surface area contributed by atoms with E-state index in [9.17, 15) is 24.0 Å². The Morgan fingerprint density at radius 2 is 1.80 bits per heavy atom. The van der Waals surface area contributed by atoms with E-state index in [4.69, 9.17) is 22.2 Å². The number of nitrogens with zero attached hydrogens (tertiary/aromatic N) is 2. The molecule has 0 bridgehead atoms. The Kier molecular flexibility index (Phi) is 9.87. The molecule has 1 aromatic rings. The fraction of sp³-hybridized carbons (Fsp3) is 0.625. The maximum Gasteiger partial charge on any atom is 0.315 e. The first-order valence-corrected chi connectivity index (χ1v) is 15.8. The van der Waals surface area contributed by atoms with E-state index in [1.165, 1.54) is 4.90 Å². The zero-order chi connectivity index (χ0) is 33.3. The van der Waals surface area contributed by atoms with Crippen molar-refractivity contribution < 1.29 is 28.8 Å². The van der Waals surface area contributed by atoms with Crippen molar-refractivity contribution in [2.45, 2.75) is 109 Å². The van der Waals surface area contributed by atoms with Gasteiger partial charge in [0.1, 0.15) is 12.1 Å². The van der Waals surface area contributed by atoms with Crippen LogP contribution in [-0.4, -0.2) is 76.0 Å². The van der Waals surface area contributed by atoms with Gasteiger partial charge in [-0.05, 0) is 50.7 Å². The molecule has 1 spiro atoms. The van der Waals surface area contributed by atoms with E-state index in [1.54, 1.807) is 18.2 Å². The van der Waals surface area contributed by atoms with Crippen molar-refractivity contribution in [3.05, 3.63) is 34.9 Å². The second kappa shape index (κ2) is 13.0. The van der Waals surface area contributed by atoms with Crippen LogP contribution >= 0.6 is 11.6 Å². The van der Waals surface area contributed by atoms with Gasteiger partial charge in [-0.3, -0.25) is 19.2 Å². The Balaban J connectivity index is 1.63. The molecule has 13 heteroatoms. The molecule has 1 aliphatic carbocycles. The zero-order valence-corrected chi connectivity index (χ0v) is 27.6. The highest BCUT2D eigenvalue weighted by Gasteiger charge is 2.55. The van der Waals surface area contributed by atoms with Crippen LogP contribution in [0.15, 0.2) is 29.4 Å². The summed E-state index contributed by atoms with van der Waals surface area (Å²) in [7, 11) is 0. The van der Waals surface area contributed by atoms with Gasteiger partial charge in [0, 0.05) is 29.0 Å². The molecule has 2 fully saturated rings. The number of amides is 5. The first-order chi connectivity index (χ1) is 20.9. The van der Waals surface area contributed by atoms with Crippen LogP contribution in [0.4, 0.5) is 4.79 Å². The molecule has 1 saturated carbocycles. The first-order valence-electron chi connectivity index (χ1n) is 15.4. The summed E-state index contributed by atoms with van der Waals surface area (Å²) in [6.45, 7) is 10.9. The summed E-state index contributed by atoms with van der Waals surface area (Å²) >= 11 is 6.21. The van der Waals surface area contributed by atoms with Crippen LogP contribution in [0, 0.1) is 11.3 Å². The molecule has 246 valence electrons. The number of urea groups is 1. The summed E-state index contributed by atoms with van der Waals surface area (Å²) in [5.74, 6) is -2.91. The molecular formula is C32H45ClN6O6. The number of primary amides is 1. The summed E-state index contributed by atoms with van der Waals surface area (Å²) in [5, 5.41) is 13.2. The van der Waals surface area contributed by atoms with Crippen LogP contribution < -0.4 is 21.7 Å². The number of carbonyl (C=O) groups excluding carboxylic acids is 5. The average Bonchev–Trinajstić information content (AvgIpc) is 3.50. The van der Waals surface area contributed by atoms with E-state index < -0.39 is 64.2 Å². The first kappa shape index (κ1) is 34.2. The van der Waals surface area contributed by atoms with E-state index in [0.29, 0.717) is 17.2 Å². The number of Topliss-reactive ketones (excluding diaryl/α,β-unsaturated/α-hetero) is 1. The second-order valence-electron chi connectivity index (χ2n) is 14.7. The molecule has 0 aromatic heterocycles. The van der Waals surface area contributed by atoms with Crippen molar-refractivity contribution in [3.8, 4) is 0 Å². The normalized spacial score (nSPS) is 23.0. The number of nitrogens with two attached hydrogens (primary N) is 1. The number of likely N-dealkylation sites (tertiary alicyclic amines) is 1. The maximum atomic E-state index is 14.4. The number of rotatable bonds is 9. The van der Waals surface area contributed by atoms with Crippen LogP contribution in [0.1, 0.15) is 85.6 Å². The molecular weight excluding hydrogens is 600 g/mol. The molecule has 3 aliphatic rings. The van der Waals surface area contributed by atoms with Crippen LogP contribution in [0.2, 0.25) is 5.02 Å². The smallest absolute Gasteiger partial charge is 0.315 e. The molecule has 2 aliphatic heterocycles. The minimum atomic E-state index is -1.13. The van der Waals surface area contributed by atoms with Crippen LogP contribution in [0.3, 0.4) is 0 Å². The van der Waals surface area contributed by atoms with Crippen molar-refractivity contribution in [1.82, 2.24) is 20.9 Å². The fourth-order valence-electron chi connectivity index (χ4n) is 6.01. The van der Waals surface area contributed by atoms with Gasteiger partial charge in [0.2, 0.25) is 17.6 Å². The van der Waals surface area contributed by atoms with Gasteiger partial charge in [-0.15, -0.1) is 0 Å². The number of carbonyl (C=O) groups is 5. The number of hydrogen-bond donors (Lipinski definition) is 4. The third-order valence-electron chi connectivity index (χ3n) is 8.53. The third kappa shape index (κ3) is 8.33. The predicted molar refractivity (Wildman–Crippen MR) is 169 cm³/mol. The van der Waals surface area contributed by atoms with Gasteiger partial charge in [-0.25, -0.2) is 4.79 Å². The SMILES string of the molecule is CC(C)(C)NC(=O)N[C@H](C(=O)N1C[C@@]2(CC(c3cccc(Cl)c3)=NO2)C[C@H]1C(=O)NC(CC1CCC1)C(=O)C(N)=O)C(C)(C)C. The molecule has 4 atom stereocenters. The molecule has 1 unspecified atom stereocenters. The van der Waals surface area contributed by atoms with Gasteiger partial charge in [0.25, 0.3) is 5.91 Å². The lowest BCUT2D eigenvalue weighted by Crippen LogP contribution is -2.61. The minimum absolute atomic E-state index is 0.00366. The highest BCUT2D eigenvalue weighted by Crippen LogP contribution is 2.40. The van der Waals surface area contributed by atoms with E-state index >= 15 is 0 Å². The Bertz CT molecular complexity index is 1380. The van der Waals surface area contributed by atoms with Crippen LogP contribution in [0.5, 0.6) is 0 Å². The van der Waals surface area contributed by atoms with Gasteiger partial charge in [0.15, 0.2) is 5.60 Å². The van der Waals surface area contributed by atoms with Crippen molar-refractivity contribution in [2.75, 3.05) is 6.54 Å². The Hall–Kier alpha value is -3.67. The zero-order valence-electron chi connectivity index (χ0n) is 26.9. The maximum absolute atomic E-state index is 14.4. The molecule has 0 radical (unpaired) electrons. The number of benzene rings is 1. The van der Waals surface area contributed by atoms with E-state index in [1.807, 2.05) is 47.6 Å². The highest BCUT2D eigenvalue weighted by molar-refractivity contribution is 6.37. The van der Waals surface area contributed by atoms with E-state index in [0.717, 1.165) is 24.8 Å². The number of hydrogen-bond acceptors (Lipinski definition) is 7. The second-order valence-corrected chi connectivity index (χ2v) is 15.1. The molecule has 5 N–H and O–H groups in total. The summed E-state index contributed by atoms with van der Waals surface area (Å²) in [5.41, 5.74) is 4.38. The van der Waals surface area contributed by atoms with Crippen molar-refractivity contribution >= 4 is 46.8 Å². The Morgan fingerprint density at radius 3 is 2.36 bits per heavy atom. The lowest BCUT2D eigenvalue weighted by molar-refractivity contribution is -0.143. The molecule has 12 nitrogen and oxygen atoms in total. The topological polar surface area (TPSA) is 172 Å². The van der Waals surface area contributed by atoms with Crippen molar-refractivity contribution in [3.63, 3.8) is 0 Å². The van der Waals surface area contributed by atoms with Crippen LogP contribution in [-0.2, 0) is 24.0 Å². The largest absolute Gasteiger partial charge is 0.387 e. The van der Waals surface area contributed by atoms with E-state index in [-0.39, 0.29) is 25.3 Å². The minimum Gasteiger partial charge on any atom is -0.387 e. The third-order valence-corrected chi connectivity index (χ3v) is 8.76. The predicted octanol–water partition coefficient (Wildman–Crippen LogP) is 3.05. The number of nitrogens with one attached hydrogen (secondary N) is 3. The molecule has 1 aromatic carbocycles. The van der Waals surface area contributed by atoms with Gasteiger partial charge in [-0.2, -0.15) is 0 Å². The van der Waals surface area contributed by atoms with Gasteiger partial charge in [-0.1, -0.05) is 68.9 Å². The molecule has 2 heterocycles. The summed E-state index contributed by atoms with van der Waals surface area (Å²) in [6, 6.07) is 3.43. The van der Waals surface area contributed by atoms with Crippen molar-refractivity contribution in [1.29, 1.82) is 0 Å². The summed E-state index contributed by atoms with van der Waals surface area (Å²) in [4.78, 5) is 73.3. The summed E-state index contributed by atoms with van der Waals surface area (Å²) < 4.78 is 0.